The van der Waals surface area contributed by atoms with E-state index in [-0.39, 0.29) is 5.92 Å². The van der Waals surface area contributed by atoms with Gasteiger partial charge in [0.2, 0.25) is 0 Å². The van der Waals surface area contributed by atoms with Gasteiger partial charge in [0.25, 0.3) is 0 Å². The van der Waals surface area contributed by atoms with Crippen LogP contribution in [0.3, 0.4) is 0 Å². The number of carboxylic acids is 2. The van der Waals surface area contributed by atoms with E-state index in [0.29, 0.717) is 12.3 Å². The lowest BCUT2D eigenvalue weighted by atomic mass is 10.1. The third-order valence-electron chi connectivity index (χ3n) is 2.05. The SMILES string of the molecule is CC(C)C[C@H](N)C(=O)O.CC(C)[C@H](N)C(=O)O. The standard InChI is InChI=1S/C6H13NO2.C5H11NO2/c1-4(2)3-5(7)6(8)9;1-3(2)4(6)5(7)8/h4-5H,3,7H2,1-2H3,(H,8,9);3-4H,6H2,1-2H3,(H,7,8)/t5-;4-/m00/s1. The van der Waals surface area contributed by atoms with Crippen molar-refractivity contribution in [2.45, 2.75) is 46.2 Å². The van der Waals surface area contributed by atoms with Gasteiger partial charge in [0.05, 0.1) is 0 Å². The molecule has 0 saturated heterocycles. The molecule has 0 rings (SSSR count). The highest BCUT2D eigenvalue weighted by Gasteiger charge is 2.14. The van der Waals surface area contributed by atoms with Crippen molar-refractivity contribution >= 4 is 11.9 Å². The molecule has 6 N–H and O–H groups in total. The Morgan fingerprint density at radius 1 is 1.00 bits per heavy atom. The van der Waals surface area contributed by atoms with Crippen LogP contribution in [0.1, 0.15) is 34.1 Å². The number of hydrogen-bond acceptors (Lipinski definition) is 4. The molecule has 0 bridgehead atoms. The minimum atomic E-state index is -0.931. The van der Waals surface area contributed by atoms with Gasteiger partial charge in [-0.05, 0) is 18.3 Å². The van der Waals surface area contributed by atoms with Crippen LogP contribution in [0.25, 0.3) is 0 Å². The highest BCUT2D eigenvalue weighted by Crippen LogP contribution is 2.01. The van der Waals surface area contributed by atoms with Gasteiger partial charge < -0.3 is 21.7 Å². The van der Waals surface area contributed by atoms with Crippen LogP contribution in [0.5, 0.6) is 0 Å². The second kappa shape index (κ2) is 8.95. The van der Waals surface area contributed by atoms with Gasteiger partial charge in [-0.15, -0.1) is 0 Å². The Kier molecular flexibility index (Phi) is 9.60. The maximum absolute atomic E-state index is 10.1. The van der Waals surface area contributed by atoms with Gasteiger partial charge in [-0.3, -0.25) is 9.59 Å². The van der Waals surface area contributed by atoms with Gasteiger partial charge in [0.1, 0.15) is 12.1 Å². The van der Waals surface area contributed by atoms with Gasteiger partial charge in [0.15, 0.2) is 0 Å². The molecule has 0 aliphatic rings. The Labute approximate surface area is 102 Å². The van der Waals surface area contributed by atoms with E-state index < -0.39 is 24.0 Å². The summed E-state index contributed by atoms with van der Waals surface area (Å²) < 4.78 is 0. The lowest BCUT2D eigenvalue weighted by Gasteiger charge is -2.07. The van der Waals surface area contributed by atoms with Crippen LogP contribution >= 0.6 is 0 Å². The molecule has 0 fully saturated rings. The second-order valence-corrected chi connectivity index (χ2v) is 4.68. The molecule has 0 spiro atoms. The highest BCUT2D eigenvalue weighted by atomic mass is 16.4. The smallest absolute Gasteiger partial charge is 0.320 e. The zero-order valence-corrected chi connectivity index (χ0v) is 10.9. The van der Waals surface area contributed by atoms with E-state index in [1.807, 2.05) is 13.8 Å². The van der Waals surface area contributed by atoms with Crippen LogP contribution in [0, 0.1) is 11.8 Å². The summed E-state index contributed by atoms with van der Waals surface area (Å²) in [6.07, 6.45) is 0.551. The number of rotatable bonds is 5. The quantitative estimate of drug-likeness (QED) is 0.561. The van der Waals surface area contributed by atoms with Crippen molar-refractivity contribution in [2.24, 2.45) is 23.3 Å². The van der Waals surface area contributed by atoms with Crippen molar-refractivity contribution in [2.75, 3.05) is 0 Å². The molecule has 0 unspecified atom stereocenters. The second-order valence-electron chi connectivity index (χ2n) is 4.68. The van der Waals surface area contributed by atoms with Gasteiger partial charge >= 0.3 is 11.9 Å². The first kappa shape index (κ1) is 18.2. The molecule has 2 atom stereocenters. The summed E-state index contributed by atoms with van der Waals surface area (Å²) in [5.74, 6) is -1.47. The van der Waals surface area contributed by atoms with Crippen LogP contribution in [-0.2, 0) is 9.59 Å². The van der Waals surface area contributed by atoms with E-state index in [0.717, 1.165) is 0 Å². The molecule has 0 amide bonds. The van der Waals surface area contributed by atoms with Gasteiger partial charge in [-0.1, -0.05) is 27.7 Å². The van der Waals surface area contributed by atoms with Crippen molar-refractivity contribution in [1.29, 1.82) is 0 Å². The van der Waals surface area contributed by atoms with Crippen LogP contribution in [0.2, 0.25) is 0 Å². The molecule has 17 heavy (non-hydrogen) atoms. The fourth-order valence-electron chi connectivity index (χ4n) is 0.894. The summed E-state index contributed by atoms with van der Waals surface area (Å²) in [5, 5.41) is 16.5. The summed E-state index contributed by atoms with van der Waals surface area (Å²) in [7, 11) is 0. The van der Waals surface area contributed by atoms with Gasteiger partial charge in [-0.2, -0.15) is 0 Å². The normalized spacial score (nSPS) is 13.9. The fourth-order valence-corrected chi connectivity index (χ4v) is 0.894. The van der Waals surface area contributed by atoms with E-state index >= 15 is 0 Å². The maximum Gasteiger partial charge on any atom is 0.320 e. The van der Waals surface area contributed by atoms with E-state index in [4.69, 9.17) is 21.7 Å². The van der Waals surface area contributed by atoms with Crippen LogP contribution in [0.4, 0.5) is 0 Å². The third kappa shape index (κ3) is 11.1. The lowest BCUT2D eigenvalue weighted by molar-refractivity contribution is -0.140. The monoisotopic (exact) mass is 248 g/mol. The molecule has 0 aliphatic heterocycles. The molecule has 0 aliphatic carbocycles. The molecule has 0 heterocycles. The number of nitrogens with two attached hydrogens (primary N) is 2. The van der Waals surface area contributed by atoms with E-state index in [9.17, 15) is 9.59 Å². The van der Waals surface area contributed by atoms with E-state index in [1.54, 1.807) is 13.8 Å². The Morgan fingerprint density at radius 3 is 1.47 bits per heavy atom. The molecule has 0 aromatic rings. The van der Waals surface area contributed by atoms with Crippen molar-refractivity contribution in [3.05, 3.63) is 0 Å². The first-order chi connectivity index (χ1) is 7.59. The van der Waals surface area contributed by atoms with Crippen LogP contribution < -0.4 is 11.5 Å². The highest BCUT2D eigenvalue weighted by molar-refractivity contribution is 5.73. The predicted octanol–water partition coefficient (Wildman–Crippen LogP) is 0.499. The van der Waals surface area contributed by atoms with Gasteiger partial charge in [-0.25, -0.2) is 0 Å². The molecule has 6 heteroatoms. The predicted molar refractivity (Wildman–Crippen MR) is 65.5 cm³/mol. The average molecular weight is 248 g/mol. The van der Waals surface area contributed by atoms with Crippen molar-refractivity contribution < 1.29 is 19.8 Å². The van der Waals surface area contributed by atoms with E-state index in [1.165, 1.54) is 0 Å². The minimum Gasteiger partial charge on any atom is -0.480 e. The summed E-state index contributed by atoms with van der Waals surface area (Å²) in [5.41, 5.74) is 10.4. The number of hydrogen-bond donors (Lipinski definition) is 4. The molecule has 0 aromatic heterocycles. The summed E-state index contributed by atoms with van der Waals surface area (Å²) in [6, 6.07) is -1.40. The van der Waals surface area contributed by atoms with Crippen molar-refractivity contribution in [3.8, 4) is 0 Å². The molecule has 0 radical (unpaired) electrons. The maximum atomic E-state index is 10.1. The first-order valence-corrected chi connectivity index (χ1v) is 5.56. The minimum absolute atomic E-state index is 0.0208. The molecular formula is C11H24N2O4. The summed E-state index contributed by atoms with van der Waals surface area (Å²) in [4.78, 5) is 20.1. The van der Waals surface area contributed by atoms with Gasteiger partial charge in [0, 0.05) is 0 Å². The summed E-state index contributed by atoms with van der Waals surface area (Å²) in [6.45, 7) is 7.45. The lowest BCUT2D eigenvalue weighted by Crippen LogP contribution is -2.34. The molecule has 0 saturated carbocycles. The molecular weight excluding hydrogens is 224 g/mol. The topological polar surface area (TPSA) is 127 Å². The van der Waals surface area contributed by atoms with Crippen LogP contribution in [0.15, 0.2) is 0 Å². The molecule has 0 aromatic carbocycles. The molecule has 102 valence electrons. The van der Waals surface area contributed by atoms with E-state index in [2.05, 4.69) is 0 Å². The Bertz CT molecular complexity index is 242. The zero-order valence-electron chi connectivity index (χ0n) is 10.9. The largest absolute Gasteiger partial charge is 0.480 e. The third-order valence-corrected chi connectivity index (χ3v) is 2.05. The Hall–Kier alpha value is -1.14. The van der Waals surface area contributed by atoms with Crippen molar-refractivity contribution in [1.82, 2.24) is 0 Å². The molecule has 6 nitrogen and oxygen atoms in total. The average Bonchev–Trinajstić information content (AvgIpc) is 2.15. The number of carbonyl (C=O) groups is 2. The fraction of sp³-hybridized carbons (Fsp3) is 0.818. The Balaban J connectivity index is 0. The number of aliphatic carboxylic acids is 2. The van der Waals surface area contributed by atoms with Crippen molar-refractivity contribution in [3.63, 3.8) is 0 Å². The summed E-state index contributed by atoms with van der Waals surface area (Å²) >= 11 is 0. The Morgan fingerprint density at radius 2 is 1.41 bits per heavy atom. The number of carboxylic acid groups (broad SMARTS) is 2. The van der Waals surface area contributed by atoms with Crippen LogP contribution in [-0.4, -0.2) is 34.2 Å². The first-order valence-electron chi connectivity index (χ1n) is 5.56. The zero-order chi connectivity index (χ0) is 14.2.